The molecule has 0 amide bonds. The molecule has 44 valence electrons. The largest absolute Gasteiger partial charge is 0.0773 e. The number of rotatable bonds is 3. The van der Waals surface area contributed by atoms with Crippen LogP contribution in [0.15, 0.2) is 23.8 Å². The maximum Gasteiger partial charge on any atom is -0.0296 e. The van der Waals surface area contributed by atoms with Crippen molar-refractivity contribution in [3.05, 3.63) is 23.8 Å². The summed E-state index contributed by atoms with van der Waals surface area (Å²) in [5.74, 6) is 0. The number of hydrogen-bond acceptors (Lipinski definition) is 0. The molecule has 0 fully saturated rings. The van der Waals surface area contributed by atoms with Gasteiger partial charge in [-0.25, -0.2) is 0 Å². The van der Waals surface area contributed by atoms with Gasteiger partial charge in [0.15, 0.2) is 0 Å². The molecule has 0 nitrogen and oxygen atoms in total. The van der Waals surface area contributed by atoms with Crippen molar-refractivity contribution in [2.75, 3.05) is 0 Å². The highest BCUT2D eigenvalue weighted by molar-refractivity contribution is 5.46. The predicted molar refractivity (Wildman–Crippen MR) is 36.7 cm³/mol. The first kappa shape index (κ1) is 5.61. The van der Waals surface area contributed by atoms with E-state index in [1.807, 2.05) is 0 Å². The minimum atomic E-state index is 1.26. The average Bonchev–Trinajstić information content (AvgIpc) is 2.51. The molecule has 0 aromatic carbocycles. The van der Waals surface area contributed by atoms with E-state index in [1.54, 1.807) is 0 Å². The lowest BCUT2D eigenvalue weighted by atomic mass is 10.2. The molecule has 0 radical (unpaired) electrons. The molecule has 1 aliphatic carbocycles. The number of allylic oxidation sites excluding steroid dienone is 4. The van der Waals surface area contributed by atoms with Gasteiger partial charge >= 0.3 is 0 Å². The standard InChI is InChI=1S/C8H12/c1-2-3-4-5-8-6-7-8/h5-7H,2-4H2,1H3. The molecule has 0 heterocycles. The van der Waals surface area contributed by atoms with Crippen molar-refractivity contribution in [1.82, 2.24) is 0 Å². The quantitative estimate of drug-likeness (QED) is 0.487. The Labute approximate surface area is 50.9 Å². The Kier molecular flexibility index (Phi) is 1.90. The Hall–Kier alpha value is -0.520. The van der Waals surface area contributed by atoms with Crippen LogP contribution in [0.1, 0.15) is 26.2 Å². The van der Waals surface area contributed by atoms with Gasteiger partial charge in [-0.1, -0.05) is 38.0 Å². The highest BCUT2D eigenvalue weighted by Crippen LogP contribution is 2.14. The summed E-state index contributed by atoms with van der Waals surface area (Å²) >= 11 is 0. The number of hydrogen-bond donors (Lipinski definition) is 0. The molecule has 0 saturated heterocycles. The third kappa shape index (κ3) is 1.97. The Morgan fingerprint density at radius 2 is 2.25 bits per heavy atom. The summed E-state index contributed by atoms with van der Waals surface area (Å²) in [5.41, 5.74) is 1.44. The molecule has 0 heteroatoms. The van der Waals surface area contributed by atoms with Crippen LogP contribution >= 0.6 is 0 Å². The van der Waals surface area contributed by atoms with Crippen LogP contribution in [0.5, 0.6) is 0 Å². The van der Waals surface area contributed by atoms with Gasteiger partial charge < -0.3 is 0 Å². The van der Waals surface area contributed by atoms with E-state index in [-0.39, 0.29) is 0 Å². The molecule has 0 atom stereocenters. The molecule has 0 N–H and O–H groups in total. The molecule has 0 spiro atoms. The Morgan fingerprint density at radius 3 is 2.75 bits per heavy atom. The molecule has 0 aromatic rings. The minimum absolute atomic E-state index is 1.26. The molecule has 0 unspecified atom stereocenters. The SMILES string of the molecule is CCCCC=C1C=C1. The van der Waals surface area contributed by atoms with Crippen LogP contribution in [0.4, 0.5) is 0 Å². The molecule has 1 aliphatic rings. The molecular weight excluding hydrogens is 96.1 g/mol. The third-order valence-electron chi connectivity index (χ3n) is 1.30. The molecule has 8 heavy (non-hydrogen) atoms. The molecule has 1 rings (SSSR count). The van der Waals surface area contributed by atoms with Gasteiger partial charge in [-0.15, -0.1) is 0 Å². The fourth-order valence-electron chi connectivity index (χ4n) is 0.657. The fraction of sp³-hybridized carbons (Fsp3) is 0.500. The van der Waals surface area contributed by atoms with Gasteiger partial charge in [0.1, 0.15) is 0 Å². The van der Waals surface area contributed by atoms with Crippen molar-refractivity contribution in [1.29, 1.82) is 0 Å². The molecule has 0 aliphatic heterocycles. The molecular formula is C8H12. The van der Waals surface area contributed by atoms with Gasteiger partial charge in [0, 0.05) is 0 Å². The van der Waals surface area contributed by atoms with Gasteiger partial charge in [0.25, 0.3) is 0 Å². The fourth-order valence-corrected chi connectivity index (χ4v) is 0.657. The number of unbranched alkanes of at least 4 members (excludes halogenated alkanes) is 2. The summed E-state index contributed by atoms with van der Waals surface area (Å²) in [5, 5.41) is 0. The monoisotopic (exact) mass is 108 g/mol. The van der Waals surface area contributed by atoms with E-state index in [2.05, 4.69) is 25.2 Å². The first-order valence-electron chi connectivity index (χ1n) is 3.31. The smallest absolute Gasteiger partial charge is 0.0296 e. The highest BCUT2D eigenvalue weighted by atomic mass is 14.0. The van der Waals surface area contributed by atoms with Crippen LogP contribution in [-0.4, -0.2) is 0 Å². The van der Waals surface area contributed by atoms with Gasteiger partial charge in [0.05, 0.1) is 0 Å². The first-order valence-corrected chi connectivity index (χ1v) is 3.31. The minimum Gasteiger partial charge on any atom is -0.0773 e. The Morgan fingerprint density at radius 1 is 1.50 bits per heavy atom. The summed E-state index contributed by atoms with van der Waals surface area (Å²) in [6.07, 6.45) is 10.5. The van der Waals surface area contributed by atoms with E-state index in [4.69, 9.17) is 0 Å². The third-order valence-corrected chi connectivity index (χ3v) is 1.30. The topological polar surface area (TPSA) is 0 Å². The van der Waals surface area contributed by atoms with Crippen LogP contribution in [0.2, 0.25) is 0 Å². The van der Waals surface area contributed by atoms with E-state index in [1.165, 1.54) is 24.8 Å². The van der Waals surface area contributed by atoms with Crippen molar-refractivity contribution < 1.29 is 0 Å². The lowest BCUT2D eigenvalue weighted by Crippen LogP contribution is -1.65. The molecule has 0 bridgehead atoms. The maximum absolute atomic E-state index is 2.30. The van der Waals surface area contributed by atoms with Crippen LogP contribution in [-0.2, 0) is 0 Å². The van der Waals surface area contributed by atoms with E-state index >= 15 is 0 Å². The molecule has 0 aromatic heterocycles. The average molecular weight is 108 g/mol. The van der Waals surface area contributed by atoms with Crippen LogP contribution in [0, 0.1) is 0 Å². The normalized spacial score (nSPS) is 14.4. The van der Waals surface area contributed by atoms with E-state index in [9.17, 15) is 0 Å². The van der Waals surface area contributed by atoms with Crippen molar-refractivity contribution in [2.45, 2.75) is 26.2 Å². The summed E-state index contributed by atoms with van der Waals surface area (Å²) < 4.78 is 0. The summed E-state index contributed by atoms with van der Waals surface area (Å²) in [6, 6.07) is 0. The zero-order valence-corrected chi connectivity index (χ0v) is 5.35. The lowest BCUT2D eigenvalue weighted by molar-refractivity contribution is 0.814. The zero-order chi connectivity index (χ0) is 5.82. The van der Waals surface area contributed by atoms with Crippen LogP contribution < -0.4 is 0 Å². The van der Waals surface area contributed by atoms with Gasteiger partial charge in [-0.05, 0) is 12.0 Å². The zero-order valence-electron chi connectivity index (χ0n) is 5.35. The second-order valence-corrected chi connectivity index (χ2v) is 2.18. The van der Waals surface area contributed by atoms with Crippen LogP contribution in [0.25, 0.3) is 0 Å². The lowest BCUT2D eigenvalue weighted by Gasteiger charge is -1.84. The summed E-state index contributed by atoms with van der Waals surface area (Å²) in [7, 11) is 0. The summed E-state index contributed by atoms with van der Waals surface area (Å²) in [6.45, 7) is 2.22. The van der Waals surface area contributed by atoms with E-state index in [0.29, 0.717) is 0 Å². The van der Waals surface area contributed by atoms with E-state index in [0.717, 1.165) is 0 Å². The highest BCUT2D eigenvalue weighted by Gasteiger charge is 1.94. The Balaban J connectivity index is 1.96. The summed E-state index contributed by atoms with van der Waals surface area (Å²) in [4.78, 5) is 0. The van der Waals surface area contributed by atoms with Crippen molar-refractivity contribution in [3.8, 4) is 0 Å². The van der Waals surface area contributed by atoms with Crippen molar-refractivity contribution >= 4 is 0 Å². The second kappa shape index (κ2) is 2.71. The predicted octanol–water partition coefficient (Wildman–Crippen LogP) is 2.67. The van der Waals surface area contributed by atoms with Crippen LogP contribution in [0.3, 0.4) is 0 Å². The maximum atomic E-state index is 2.30. The Bertz CT molecular complexity index is 110. The van der Waals surface area contributed by atoms with Gasteiger partial charge in [-0.2, -0.15) is 0 Å². The molecule has 0 saturated carbocycles. The van der Waals surface area contributed by atoms with Crippen molar-refractivity contribution in [2.24, 2.45) is 0 Å². The van der Waals surface area contributed by atoms with Gasteiger partial charge in [-0.3, -0.25) is 0 Å². The first-order chi connectivity index (χ1) is 3.93. The van der Waals surface area contributed by atoms with Gasteiger partial charge in [0.2, 0.25) is 0 Å². The second-order valence-electron chi connectivity index (χ2n) is 2.18. The van der Waals surface area contributed by atoms with Crippen molar-refractivity contribution in [3.63, 3.8) is 0 Å². The van der Waals surface area contributed by atoms with E-state index < -0.39 is 0 Å².